The molecular formula is C12H16O. The first kappa shape index (κ1) is 8.61. The fourth-order valence-electron chi connectivity index (χ4n) is 1.53. The molecule has 1 aliphatic carbocycles. The molecule has 0 aliphatic heterocycles. The molecule has 0 unspecified atom stereocenters. The van der Waals surface area contributed by atoms with Crippen molar-refractivity contribution in [1.29, 1.82) is 0 Å². The molecule has 0 aromatic heterocycles. The van der Waals surface area contributed by atoms with Gasteiger partial charge in [0.25, 0.3) is 0 Å². The largest absolute Gasteiger partial charge is 0.491 e. The Labute approximate surface area is 79.7 Å². The maximum absolute atomic E-state index is 5.63. The lowest BCUT2D eigenvalue weighted by atomic mass is 10.1. The molecular weight excluding hydrogens is 160 g/mol. The third-order valence-corrected chi connectivity index (χ3v) is 2.28. The van der Waals surface area contributed by atoms with Gasteiger partial charge >= 0.3 is 0 Å². The second-order valence-corrected chi connectivity index (χ2v) is 4.01. The van der Waals surface area contributed by atoms with Crippen LogP contribution in [0, 0.1) is 0 Å². The molecule has 0 radical (unpaired) electrons. The minimum Gasteiger partial charge on any atom is -0.491 e. The second-order valence-electron chi connectivity index (χ2n) is 4.01. The van der Waals surface area contributed by atoms with Gasteiger partial charge in [0.2, 0.25) is 0 Å². The highest BCUT2D eigenvalue weighted by atomic mass is 16.5. The molecule has 13 heavy (non-hydrogen) atoms. The molecule has 70 valence electrons. The molecule has 0 saturated heterocycles. The van der Waals surface area contributed by atoms with E-state index in [1.165, 1.54) is 18.4 Å². The summed E-state index contributed by atoms with van der Waals surface area (Å²) in [4.78, 5) is 0. The molecule has 2 rings (SSSR count). The first-order chi connectivity index (χ1) is 6.25. The zero-order chi connectivity index (χ0) is 9.26. The van der Waals surface area contributed by atoms with Gasteiger partial charge in [0.05, 0.1) is 6.10 Å². The molecule has 1 aromatic carbocycles. The van der Waals surface area contributed by atoms with E-state index < -0.39 is 0 Å². The van der Waals surface area contributed by atoms with E-state index in [9.17, 15) is 0 Å². The average Bonchev–Trinajstić information content (AvgIpc) is 2.85. The van der Waals surface area contributed by atoms with Crippen LogP contribution in [0.25, 0.3) is 0 Å². The predicted octanol–water partition coefficient (Wildman–Crippen LogP) is 3.35. The summed E-state index contributed by atoms with van der Waals surface area (Å²) in [7, 11) is 0. The van der Waals surface area contributed by atoms with E-state index in [1.807, 2.05) is 6.07 Å². The Bertz CT molecular complexity index is 287. The fraction of sp³-hybridized carbons (Fsp3) is 0.500. The lowest BCUT2D eigenvalue weighted by molar-refractivity contribution is 0.242. The number of hydrogen-bond donors (Lipinski definition) is 0. The molecule has 0 N–H and O–H groups in total. The standard InChI is InChI=1S/C12H16O/c1-9(2)13-12-5-3-4-11(8-12)10-6-7-10/h3-5,8-10H,6-7H2,1-2H3. The SMILES string of the molecule is CC(C)Oc1cccc(C2CC2)c1. The maximum atomic E-state index is 5.63. The van der Waals surface area contributed by atoms with Crippen molar-refractivity contribution in [3.8, 4) is 5.75 Å². The summed E-state index contributed by atoms with van der Waals surface area (Å²) < 4.78 is 5.63. The summed E-state index contributed by atoms with van der Waals surface area (Å²) >= 11 is 0. The first-order valence-electron chi connectivity index (χ1n) is 5.02. The Morgan fingerprint density at radius 3 is 2.69 bits per heavy atom. The van der Waals surface area contributed by atoms with Gasteiger partial charge in [-0.1, -0.05) is 12.1 Å². The van der Waals surface area contributed by atoms with E-state index in [0.717, 1.165) is 11.7 Å². The summed E-state index contributed by atoms with van der Waals surface area (Å²) in [6, 6.07) is 8.50. The van der Waals surface area contributed by atoms with Gasteiger partial charge in [0.1, 0.15) is 5.75 Å². The van der Waals surface area contributed by atoms with E-state index in [4.69, 9.17) is 4.74 Å². The van der Waals surface area contributed by atoms with E-state index in [-0.39, 0.29) is 6.10 Å². The van der Waals surface area contributed by atoms with Gasteiger partial charge in [0.15, 0.2) is 0 Å². The Hall–Kier alpha value is -0.980. The van der Waals surface area contributed by atoms with Gasteiger partial charge in [-0.25, -0.2) is 0 Å². The van der Waals surface area contributed by atoms with E-state index in [1.54, 1.807) is 0 Å². The lowest BCUT2D eigenvalue weighted by Gasteiger charge is -2.10. The van der Waals surface area contributed by atoms with Crippen LogP contribution in [0.2, 0.25) is 0 Å². The second kappa shape index (κ2) is 3.41. The molecule has 0 spiro atoms. The smallest absolute Gasteiger partial charge is 0.119 e. The van der Waals surface area contributed by atoms with Crippen LogP contribution in [0.15, 0.2) is 24.3 Å². The molecule has 1 heteroatoms. The first-order valence-corrected chi connectivity index (χ1v) is 5.02. The highest BCUT2D eigenvalue weighted by Gasteiger charge is 2.23. The summed E-state index contributed by atoms with van der Waals surface area (Å²) in [6.45, 7) is 4.12. The van der Waals surface area contributed by atoms with Crippen molar-refractivity contribution in [1.82, 2.24) is 0 Å². The topological polar surface area (TPSA) is 9.23 Å². The van der Waals surface area contributed by atoms with Crippen LogP contribution in [-0.4, -0.2) is 6.10 Å². The molecule has 1 fully saturated rings. The minimum absolute atomic E-state index is 0.273. The van der Waals surface area contributed by atoms with Crippen LogP contribution in [-0.2, 0) is 0 Å². The number of rotatable bonds is 3. The number of benzene rings is 1. The Morgan fingerprint density at radius 1 is 1.31 bits per heavy atom. The highest BCUT2D eigenvalue weighted by molar-refractivity contribution is 5.32. The molecule has 0 bridgehead atoms. The lowest BCUT2D eigenvalue weighted by Crippen LogP contribution is -2.05. The van der Waals surface area contributed by atoms with E-state index >= 15 is 0 Å². The molecule has 1 aliphatic rings. The Balaban J connectivity index is 2.12. The van der Waals surface area contributed by atoms with Gasteiger partial charge in [-0.05, 0) is 50.3 Å². The van der Waals surface area contributed by atoms with Crippen LogP contribution >= 0.6 is 0 Å². The third kappa shape index (κ3) is 2.24. The van der Waals surface area contributed by atoms with E-state index in [0.29, 0.717) is 0 Å². The molecule has 0 amide bonds. The van der Waals surface area contributed by atoms with Gasteiger partial charge in [-0.2, -0.15) is 0 Å². The molecule has 1 nitrogen and oxygen atoms in total. The maximum Gasteiger partial charge on any atom is 0.119 e. The fourth-order valence-corrected chi connectivity index (χ4v) is 1.53. The quantitative estimate of drug-likeness (QED) is 0.686. The van der Waals surface area contributed by atoms with Gasteiger partial charge in [-0.15, -0.1) is 0 Å². The van der Waals surface area contributed by atoms with Crippen LogP contribution < -0.4 is 4.74 Å². The molecule has 0 heterocycles. The van der Waals surface area contributed by atoms with Crippen LogP contribution in [0.5, 0.6) is 5.75 Å². The van der Waals surface area contributed by atoms with Crippen molar-refractivity contribution in [3.63, 3.8) is 0 Å². The molecule has 1 aromatic rings. The summed E-state index contributed by atoms with van der Waals surface area (Å²) in [5.41, 5.74) is 1.44. The monoisotopic (exact) mass is 176 g/mol. The molecule has 0 atom stereocenters. The third-order valence-electron chi connectivity index (χ3n) is 2.28. The van der Waals surface area contributed by atoms with Crippen molar-refractivity contribution < 1.29 is 4.74 Å². The van der Waals surface area contributed by atoms with Gasteiger partial charge in [0, 0.05) is 0 Å². The zero-order valence-electron chi connectivity index (χ0n) is 8.29. The van der Waals surface area contributed by atoms with E-state index in [2.05, 4.69) is 32.0 Å². The van der Waals surface area contributed by atoms with Crippen molar-refractivity contribution >= 4 is 0 Å². The van der Waals surface area contributed by atoms with Crippen LogP contribution in [0.1, 0.15) is 38.2 Å². The Kier molecular flexibility index (Phi) is 2.26. The number of hydrogen-bond acceptors (Lipinski definition) is 1. The highest BCUT2D eigenvalue weighted by Crippen LogP contribution is 2.40. The van der Waals surface area contributed by atoms with Crippen molar-refractivity contribution in [2.24, 2.45) is 0 Å². The molecule has 1 saturated carbocycles. The Morgan fingerprint density at radius 2 is 2.08 bits per heavy atom. The number of ether oxygens (including phenoxy) is 1. The predicted molar refractivity (Wildman–Crippen MR) is 54.2 cm³/mol. The minimum atomic E-state index is 0.273. The van der Waals surface area contributed by atoms with Crippen molar-refractivity contribution in [3.05, 3.63) is 29.8 Å². The average molecular weight is 176 g/mol. The van der Waals surface area contributed by atoms with Crippen LogP contribution in [0.4, 0.5) is 0 Å². The zero-order valence-corrected chi connectivity index (χ0v) is 8.29. The summed E-state index contributed by atoms with van der Waals surface area (Å²) in [6.07, 6.45) is 2.98. The van der Waals surface area contributed by atoms with Gasteiger partial charge in [-0.3, -0.25) is 0 Å². The summed E-state index contributed by atoms with van der Waals surface area (Å²) in [5, 5.41) is 0. The normalized spacial score (nSPS) is 16.2. The van der Waals surface area contributed by atoms with Crippen molar-refractivity contribution in [2.75, 3.05) is 0 Å². The summed E-state index contributed by atoms with van der Waals surface area (Å²) in [5.74, 6) is 1.83. The van der Waals surface area contributed by atoms with Crippen LogP contribution in [0.3, 0.4) is 0 Å². The van der Waals surface area contributed by atoms with Gasteiger partial charge < -0.3 is 4.74 Å². The van der Waals surface area contributed by atoms with Crippen molar-refractivity contribution in [2.45, 2.75) is 38.7 Å².